The molecule has 0 aromatic carbocycles. The molecule has 14 heavy (non-hydrogen) atoms. The van der Waals surface area contributed by atoms with Crippen LogP contribution in [-0.4, -0.2) is 37.6 Å². The van der Waals surface area contributed by atoms with E-state index in [4.69, 9.17) is 0 Å². The lowest BCUT2D eigenvalue weighted by molar-refractivity contribution is -0.173. The third kappa shape index (κ3) is 6.41. The maximum Gasteiger partial charge on any atom is 0.471 e. The molecule has 0 saturated heterocycles. The van der Waals surface area contributed by atoms with Gasteiger partial charge in [-0.05, 0) is 6.92 Å². The molecule has 4 nitrogen and oxygen atoms in total. The van der Waals surface area contributed by atoms with Crippen molar-refractivity contribution in [2.45, 2.75) is 13.1 Å². The number of carbonyl (C=O) groups excluding carboxylic acids is 2. The van der Waals surface area contributed by atoms with E-state index in [0.717, 1.165) is 0 Å². The Balaban J connectivity index is 3.46. The normalized spacial score (nSPS) is 11.1. The molecule has 82 valence electrons. The Labute approximate surface area is 78.4 Å². The van der Waals surface area contributed by atoms with Crippen LogP contribution in [0.4, 0.5) is 13.2 Å². The zero-order valence-electron chi connectivity index (χ0n) is 7.48. The van der Waals surface area contributed by atoms with Gasteiger partial charge in [0.1, 0.15) is 6.61 Å². The molecular formula is C7H10F3NO3. The molecule has 0 saturated carbocycles. The summed E-state index contributed by atoms with van der Waals surface area (Å²) in [4.78, 5) is 20.5. The number of amides is 1. The summed E-state index contributed by atoms with van der Waals surface area (Å²) < 4.78 is 39.4. The molecule has 7 heteroatoms. The number of rotatable bonds is 5. The highest BCUT2D eigenvalue weighted by atomic mass is 19.4. The minimum absolute atomic E-state index is 0.124. The first-order valence-electron chi connectivity index (χ1n) is 3.76. The average Bonchev–Trinajstić information content (AvgIpc) is 2.01. The van der Waals surface area contributed by atoms with E-state index in [1.54, 1.807) is 5.32 Å². The molecule has 0 heterocycles. The predicted molar refractivity (Wildman–Crippen MR) is 40.6 cm³/mol. The van der Waals surface area contributed by atoms with Gasteiger partial charge in [0.2, 0.25) is 0 Å². The summed E-state index contributed by atoms with van der Waals surface area (Å²) in [5.74, 6) is -2.24. The van der Waals surface area contributed by atoms with E-state index in [1.165, 1.54) is 6.92 Å². The van der Waals surface area contributed by atoms with Crippen LogP contribution in [0.1, 0.15) is 6.92 Å². The fourth-order valence-electron chi connectivity index (χ4n) is 0.553. The van der Waals surface area contributed by atoms with Gasteiger partial charge in [0.05, 0.1) is 6.61 Å². The molecule has 0 atom stereocenters. The van der Waals surface area contributed by atoms with Crippen LogP contribution in [-0.2, 0) is 14.3 Å². The number of Topliss-reactive ketones (excluding diaryl/α,β-unsaturated/α-hetero) is 1. The van der Waals surface area contributed by atoms with Gasteiger partial charge in [-0.25, -0.2) is 0 Å². The van der Waals surface area contributed by atoms with E-state index < -0.39 is 12.1 Å². The Hall–Kier alpha value is -1.11. The Kier molecular flexibility index (Phi) is 5.14. The molecule has 0 aliphatic heterocycles. The van der Waals surface area contributed by atoms with Crippen LogP contribution in [0, 0.1) is 0 Å². The minimum Gasteiger partial charge on any atom is -0.372 e. The number of hydrogen-bond acceptors (Lipinski definition) is 3. The second-order valence-corrected chi connectivity index (χ2v) is 2.51. The quantitative estimate of drug-likeness (QED) is 0.667. The first kappa shape index (κ1) is 12.9. The van der Waals surface area contributed by atoms with Crippen LogP contribution in [0.15, 0.2) is 0 Å². The third-order valence-electron chi connectivity index (χ3n) is 1.09. The number of nitrogens with one attached hydrogen (secondary N) is 1. The smallest absolute Gasteiger partial charge is 0.372 e. The standard InChI is InChI=1S/C7H10F3NO3/c1-5(12)4-14-3-2-11-6(13)7(8,9)10/h2-4H2,1H3,(H,11,13). The molecule has 0 aromatic heterocycles. The highest BCUT2D eigenvalue weighted by molar-refractivity contribution is 5.81. The van der Waals surface area contributed by atoms with Crippen LogP contribution in [0.2, 0.25) is 0 Å². The SMILES string of the molecule is CC(=O)COCCNC(=O)C(F)(F)F. The van der Waals surface area contributed by atoms with Gasteiger partial charge in [0.25, 0.3) is 0 Å². The fraction of sp³-hybridized carbons (Fsp3) is 0.714. The number of hydrogen-bond donors (Lipinski definition) is 1. The van der Waals surface area contributed by atoms with Gasteiger partial charge in [-0.1, -0.05) is 0 Å². The first-order chi connectivity index (χ1) is 6.34. The predicted octanol–water partition coefficient (Wildman–Crippen LogP) is 0.271. The van der Waals surface area contributed by atoms with Gasteiger partial charge in [0, 0.05) is 6.54 Å². The van der Waals surface area contributed by atoms with Crippen molar-refractivity contribution in [3.8, 4) is 0 Å². The van der Waals surface area contributed by atoms with Crippen LogP contribution in [0.5, 0.6) is 0 Å². The molecule has 0 bridgehead atoms. The van der Waals surface area contributed by atoms with E-state index in [2.05, 4.69) is 4.74 Å². The highest BCUT2D eigenvalue weighted by Crippen LogP contribution is 2.13. The minimum atomic E-state index is -4.87. The first-order valence-corrected chi connectivity index (χ1v) is 3.76. The summed E-state index contributed by atoms with van der Waals surface area (Å²) >= 11 is 0. The van der Waals surface area contributed by atoms with Gasteiger partial charge in [-0.2, -0.15) is 13.2 Å². The largest absolute Gasteiger partial charge is 0.471 e. The monoisotopic (exact) mass is 213 g/mol. The molecule has 0 rings (SSSR count). The van der Waals surface area contributed by atoms with Crippen molar-refractivity contribution in [2.24, 2.45) is 0 Å². The van der Waals surface area contributed by atoms with E-state index in [-0.39, 0.29) is 25.5 Å². The number of alkyl halides is 3. The average molecular weight is 213 g/mol. The Morgan fingerprint density at radius 2 is 1.93 bits per heavy atom. The lowest BCUT2D eigenvalue weighted by Crippen LogP contribution is -2.38. The molecule has 0 aromatic rings. The molecule has 0 radical (unpaired) electrons. The molecule has 0 unspecified atom stereocenters. The summed E-state index contributed by atoms with van der Waals surface area (Å²) in [7, 11) is 0. The van der Waals surface area contributed by atoms with E-state index in [1.807, 2.05) is 0 Å². The maximum atomic E-state index is 11.6. The topological polar surface area (TPSA) is 55.4 Å². The number of ether oxygens (including phenoxy) is 1. The molecule has 1 amide bonds. The summed E-state index contributed by atoms with van der Waals surface area (Å²) in [5, 5.41) is 1.60. The Morgan fingerprint density at radius 3 is 2.36 bits per heavy atom. The van der Waals surface area contributed by atoms with Crippen LogP contribution in [0.3, 0.4) is 0 Å². The number of carbonyl (C=O) groups is 2. The van der Waals surface area contributed by atoms with Gasteiger partial charge in [0.15, 0.2) is 5.78 Å². The molecule has 0 aliphatic carbocycles. The van der Waals surface area contributed by atoms with Gasteiger partial charge in [-0.15, -0.1) is 0 Å². The summed E-state index contributed by atoms with van der Waals surface area (Å²) in [5.41, 5.74) is 0. The molecular weight excluding hydrogens is 203 g/mol. The number of halogens is 3. The van der Waals surface area contributed by atoms with Crippen LogP contribution < -0.4 is 5.32 Å². The second-order valence-electron chi connectivity index (χ2n) is 2.51. The second kappa shape index (κ2) is 5.58. The van der Waals surface area contributed by atoms with Gasteiger partial charge >= 0.3 is 12.1 Å². The van der Waals surface area contributed by atoms with Gasteiger partial charge < -0.3 is 10.1 Å². The van der Waals surface area contributed by atoms with Crippen molar-refractivity contribution >= 4 is 11.7 Å². The lowest BCUT2D eigenvalue weighted by atomic mass is 10.5. The zero-order chi connectivity index (χ0) is 11.2. The van der Waals surface area contributed by atoms with Crippen molar-refractivity contribution in [3.05, 3.63) is 0 Å². The fourth-order valence-corrected chi connectivity index (χ4v) is 0.553. The molecule has 0 aliphatic rings. The zero-order valence-corrected chi connectivity index (χ0v) is 7.48. The Bertz CT molecular complexity index is 215. The summed E-state index contributed by atoms with van der Waals surface area (Å²) in [6.45, 7) is 0.725. The van der Waals surface area contributed by atoms with E-state index >= 15 is 0 Å². The van der Waals surface area contributed by atoms with Crippen molar-refractivity contribution in [2.75, 3.05) is 19.8 Å². The molecule has 1 N–H and O–H groups in total. The third-order valence-corrected chi connectivity index (χ3v) is 1.09. The maximum absolute atomic E-state index is 11.6. The molecule has 0 fully saturated rings. The van der Waals surface area contributed by atoms with Gasteiger partial charge in [-0.3, -0.25) is 9.59 Å². The van der Waals surface area contributed by atoms with E-state index in [9.17, 15) is 22.8 Å². The number of ketones is 1. The van der Waals surface area contributed by atoms with E-state index in [0.29, 0.717) is 0 Å². The Morgan fingerprint density at radius 1 is 1.36 bits per heavy atom. The lowest BCUT2D eigenvalue weighted by Gasteiger charge is -2.07. The summed E-state index contributed by atoms with van der Waals surface area (Å²) in [6, 6.07) is 0. The van der Waals surface area contributed by atoms with Crippen molar-refractivity contribution < 1.29 is 27.5 Å². The van der Waals surface area contributed by atoms with Crippen molar-refractivity contribution in [3.63, 3.8) is 0 Å². The molecule has 0 spiro atoms. The summed E-state index contributed by atoms with van der Waals surface area (Å²) in [6.07, 6.45) is -4.87. The van der Waals surface area contributed by atoms with Crippen LogP contribution in [0.25, 0.3) is 0 Å². The van der Waals surface area contributed by atoms with Crippen molar-refractivity contribution in [1.29, 1.82) is 0 Å². The van der Waals surface area contributed by atoms with Crippen LogP contribution >= 0.6 is 0 Å². The van der Waals surface area contributed by atoms with Crippen molar-refractivity contribution in [1.82, 2.24) is 5.32 Å². The highest BCUT2D eigenvalue weighted by Gasteiger charge is 2.38.